The summed E-state index contributed by atoms with van der Waals surface area (Å²) in [4.78, 5) is 0. The van der Waals surface area contributed by atoms with E-state index < -0.39 is 0 Å². The van der Waals surface area contributed by atoms with E-state index in [9.17, 15) is 4.39 Å². The molecule has 7 heteroatoms. The summed E-state index contributed by atoms with van der Waals surface area (Å²) in [5, 5.41) is 7.79. The fourth-order valence-corrected chi connectivity index (χ4v) is 2.78. The third-order valence-corrected chi connectivity index (χ3v) is 4.37. The molecule has 2 aromatic carbocycles. The van der Waals surface area contributed by atoms with E-state index in [2.05, 4.69) is 26.6 Å². The van der Waals surface area contributed by atoms with Gasteiger partial charge in [-0.15, -0.1) is 0 Å². The van der Waals surface area contributed by atoms with Crippen molar-refractivity contribution in [2.24, 2.45) is 0 Å². The predicted molar refractivity (Wildman–Crippen MR) is 96.8 cm³/mol. The first-order valence-electron chi connectivity index (χ1n) is 6.35. The molecule has 0 saturated carbocycles. The summed E-state index contributed by atoms with van der Waals surface area (Å²) in [6.45, 7) is 0.994. The highest BCUT2D eigenvalue weighted by atomic mass is 79.9. The second-order valence-corrected chi connectivity index (χ2v) is 6.63. The van der Waals surface area contributed by atoms with Crippen molar-refractivity contribution in [1.82, 2.24) is 10.6 Å². The average Bonchev–Trinajstić information content (AvgIpc) is 2.47. The Morgan fingerprint density at radius 3 is 2.50 bits per heavy atom. The Labute approximate surface area is 152 Å². The number of rotatable bonds is 4. The molecule has 0 aliphatic rings. The SMILES string of the molecule is Fc1ccc(CNC(=S)NCc2ccc(Cl)cc2Cl)cc1Br. The van der Waals surface area contributed by atoms with Crippen LogP contribution < -0.4 is 10.6 Å². The molecule has 22 heavy (non-hydrogen) atoms. The molecular formula is C15H12BrCl2FN2S. The van der Waals surface area contributed by atoms with E-state index in [1.165, 1.54) is 6.07 Å². The Morgan fingerprint density at radius 2 is 1.82 bits per heavy atom. The van der Waals surface area contributed by atoms with Crippen LogP contribution in [0.5, 0.6) is 0 Å². The number of halogens is 4. The highest BCUT2D eigenvalue weighted by molar-refractivity contribution is 9.10. The van der Waals surface area contributed by atoms with Crippen molar-refractivity contribution in [3.8, 4) is 0 Å². The van der Waals surface area contributed by atoms with Gasteiger partial charge in [0.25, 0.3) is 0 Å². The molecule has 0 unspecified atom stereocenters. The molecule has 2 N–H and O–H groups in total. The minimum Gasteiger partial charge on any atom is -0.359 e. The zero-order valence-electron chi connectivity index (χ0n) is 11.3. The van der Waals surface area contributed by atoms with Crippen LogP contribution in [0.15, 0.2) is 40.9 Å². The first-order chi connectivity index (χ1) is 10.5. The van der Waals surface area contributed by atoms with E-state index in [1.807, 2.05) is 6.07 Å². The lowest BCUT2D eigenvalue weighted by molar-refractivity contribution is 0.620. The van der Waals surface area contributed by atoms with Crippen LogP contribution in [0.4, 0.5) is 4.39 Å². The van der Waals surface area contributed by atoms with Crippen LogP contribution in [0.25, 0.3) is 0 Å². The molecule has 0 aliphatic heterocycles. The molecule has 0 heterocycles. The summed E-state index contributed by atoms with van der Waals surface area (Å²) in [6, 6.07) is 10.1. The van der Waals surface area contributed by atoms with Gasteiger partial charge in [-0.25, -0.2) is 4.39 Å². The second-order valence-electron chi connectivity index (χ2n) is 4.52. The van der Waals surface area contributed by atoms with Gasteiger partial charge in [-0.2, -0.15) is 0 Å². The van der Waals surface area contributed by atoms with E-state index in [0.29, 0.717) is 32.7 Å². The summed E-state index contributed by atoms with van der Waals surface area (Å²) in [5.74, 6) is -0.290. The summed E-state index contributed by atoms with van der Waals surface area (Å²) >= 11 is 20.3. The maximum atomic E-state index is 13.1. The topological polar surface area (TPSA) is 24.1 Å². The fourth-order valence-electron chi connectivity index (χ4n) is 1.73. The third-order valence-electron chi connectivity index (χ3n) is 2.89. The Kier molecular flexibility index (Phi) is 6.44. The molecule has 0 amide bonds. The zero-order valence-corrected chi connectivity index (χ0v) is 15.2. The van der Waals surface area contributed by atoms with Crippen molar-refractivity contribution in [3.63, 3.8) is 0 Å². The van der Waals surface area contributed by atoms with Gasteiger partial charge in [-0.05, 0) is 63.5 Å². The van der Waals surface area contributed by atoms with E-state index in [0.717, 1.165) is 11.1 Å². The Balaban J connectivity index is 1.84. The lowest BCUT2D eigenvalue weighted by Crippen LogP contribution is -2.34. The summed E-state index contributed by atoms with van der Waals surface area (Å²) in [7, 11) is 0. The van der Waals surface area contributed by atoms with Crippen LogP contribution >= 0.6 is 51.3 Å². The van der Waals surface area contributed by atoms with Gasteiger partial charge < -0.3 is 10.6 Å². The van der Waals surface area contributed by atoms with E-state index >= 15 is 0 Å². The lowest BCUT2D eigenvalue weighted by Gasteiger charge is -2.12. The first-order valence-corrected chi connectivity index (χ1v) is 8.31. The largest absolute Gasteiger partial charge is 0.359 e. The summed E-state index contributed by atoms with van der Waals surface area (Å²) < 4.78 is 13.6. The first kappa shape index (κ1) is 17.5. The molecule has 0 saturated heterocycles. The second kappa shape index (κ2) is 8.11. The minimum absolute atomic E-state index is 0.290. The van der Waals surface area contributed by atoms with Gasteiger partial charge in [-0.3, -0.25) is 0 Å². The van der Waals surface area contributed by atoms with Crippen molar-refractivity contribution in [2.45, 2.75) is 13.1 Å². The van der Waals surface area contributed by atoms with Crippen LogP contribution in [-0.2, 0) is 13.1 Å². The van der Waals surface area contributed by atoms with E-state index in [4.69, 9.17) is 35.4 Å². The standard InChI is InChI=1S/C15H12BrCl2FN2S/c16-12-5-9(1-4-14(12)19)7-20-15(22)21-8-10-2-3-11(17)6-13(10)18/h1-6H,7-8H2,(H2,20,21,22). The van der Waals surface area contributed by atoms with Crippen molar-refractivity contribution in [3.05, 3.63) is 67.9 Å². The van der Waals surface area contributed by atoms with Crippen LogP contribution in [0.3, 0.4) is 0 Å². The number of thiocarbonyl (C=S) groups is 1. The van der Waals surface area contributed by atoms with Crippen molar-refractivity contribution in [1.29, 1.82) is 0 Å². The smallest absolute Gasteiger partial charge is 0.166 e. The normalized spacial score (nSPS) is 10.4. The molecule has 2 nitrogen and oxygen atoms in total. The van der Waals surface area contributed by atoms with Gasteiger partial charge in [0, 0.05) is 23.1 Å². The van der Waals surface area contributed by atoms with Gasteiger partial charge >= 0.3 is 0 Å². The molecule has 116 valence electrons. The van der Waals surface area contributed by atoms with Crippen LogP contribution in [0.2, 0.25) is 10.0 Å². The van der Waals surface area contributed by atoms with Crippen LogP contribution in [0.1, 0.15) is 11.1 Å². The maximum absolute atomic E-state index is 13.1. The number of hydrogen-bond acceptors (Lipinski definition) is 1. The highest BCUT2D eigenvalue weighted by Crippen LogP contribution is 2.20. The predicted octanol–water partition coefficient (Wildman–Crippen LogP) is 5.06. The fraction of sp³-hybridized carbons (Fsp3) is 0.133. The van der Waals surface area contributed by atoms with Gasteiger partial charge in [0.05, 0.1) is 4.47 Å². The van der Waals surface area contributed by atoms with Gasteiger partial charge in [0.1, 0.15) is 5.82 Å². The molecule has 0 bridgehead atoms. The molecule has 0 aromatic heterocycles. The maximum Gasteiger partial charge on any atom is 0.166 e. The summed E-state index contributed by atoms with van der Waals surface area (Å²) in [6.07, 6.45) is 0. The van der Waals surface area contributed by atoms with E-state index in [-0.39, 0.29) is 5.82 Å². The monoisotopic (exact) mass is 420 g/mol. The summed E-state index contributed by atoms with van der Waals surface area (Å²) in [5.41, 5.74) is 1.82. The van der Waals surface area contributed by atoms with Gasteiger partial charge in [0.2, 0.25) is 0 Å². The molecule has 0 fully saturated rings. The number of benzene rings is 2. The third kappa shape index (κ3) is 5.09. The minimum atomic E-state index is -0.290. The number of hydrogen-bond donors (Lipinski definition) is 2. The van der Waals surface area contributed by atoms with E-state index in [1.54, 1.807) is 24.3 Å². The van der Waals surface area contributed by atoms with Crippen LogP contribution in [0, 0.1) is 5.82 Å². The van der Waals surface area contributed by atoms with Crippen molar-refractivity contribution < 1.29 is 4.39 Å². The quantitative estimate of drug-likeness (QED) is 0.674. The average molecular weight is 422 g/mol. The van der Waals surface area contributed by atoms with Crippen LogP contribution in [-0.4, -0.2) is 5.11 Å². The molecule has 2 aromatic rings. The molecule has 0 radical (unpaired) electrons. The van der Waals surface area contributed by atoms with Gasteiger partial charge in [-0.1, -0.05) is 35.3 Å². The van der Waals surface area contributed by atoms with Gasteiger partial charge in [0.15, 0.2) is 5.11 Å². The van der Waals surface area contributed by atoms with Crippen molar-refractivity contribution >= 4 is 56.5 Å². The lowest BCUT2D eigenvalue weighted by atomic mass is 10.2. The number of nitrogens with one attached hydrogen (secondary N) is 2. The molecular weight excluding hydrogens is 410 g/mol. The zero-order chi connectivity index (χ0) is 16.1. The Morgan fingerprint density at radius 1 is 1.09 bits per heavy atom. The molecule has 0 atom stereocenters. The molecule has 0 aliphatic carbocycles. The Hall–Kier alpha value is -0.880. The highest BCUT2D eigenvalue weighted by Gasteiger charge is 2.04. The van der Waals surface area contributed by atoms with Crippen molar-refractivity contribution in [2.75, 3.05) is 0 Å². The molecule has 0 spiro atoms. The molecule has 2 rings (SSSR count). The Bertz CT molecular complexity index is 697.